The Hall–Kier alpha value is -7.72. The number of amides is 4. The number of aromatic amines is 2. The number of ether oxygens (including phenoxy) is 1. The maximum absolute atomic E-state index is 16.9. The van der Waals surface area contributed by atoms with E-state index in [2.05, 4.69) is 20.6 Å². The van der Waals surface area contributed by atoms with Gasteiger partial charge in [-0.2, -0.15) is 0 Å². The molecule has 0 unspecified atom stereocenters. The van der Waals surface area contributed by atoms with Gasteiger partial charge in [0, 0.05) is 56.1 Å². The lowest BCUT2D eigenvalue weighted by molar-refractivity contribution is -0.136. The fourth-order valence-corrected chi connectivity index (χ4v) is 12.0. The lowest BCUT2D eigenvalue weighted by atomic mass is 10.0. The third-order valence-corrected chi connectivity index (χ3v) is 15.8. The number of benzene rings is 4. The van der Waals surface area contributed by atoms with Crippen LogP contribution in [0.1, 0.15) is 113 Å². The molecule has 23 heteroatoms. The van der Waals surface area contributed by atoms with E-state index in [0.29, 0.717) is 72.5 Å². The average Bonchev–Trinajstić information content (AvgIpc) is 4.27. The maximum atomic E-state index is 16.9. The highest BCUT2D eigenvalue weighted by atomic mass is 19.2. The normalized spacial score (nSPS) is 20.7. The van der Waals surface area contributed by atoms with Gasteiger partial charge in [-0.3, -0.25) is 9.59 Å². The van der Waals surface area contributed by atoms with Crippen molar-refractivity contribution in [3.8, 4) is 0 Å². The van der Waals surface area contributed by atoms with Crippen LogP contribution in [0.5, 0.6) is 0 Å². The molecule has 0 bridgehead atoms. The molecule has 17 nitrogen and oxygen atoms in total. The van der Waals surface area contributed by atoms with Gasteiger partial charge in [-0.25, -0.2) is 45.9 Å². The third kappa shape index (κ3) is 10.1. The number of aromatic nitrogens is 4. The first-order valence-corrected chi connectivity index (χ1v) is 26.4. The molecule has 6 aromatic rings. The molecule has 4 amide bonds. The van der Waals surface area contributed by atoms with Gasteiger partial charge in [0.1, 0.15) is 58.4 Å². The van der Waals surface area contributed by atoms with Crippen LogP contribution in [0.2, 0.25) is 0 Å². The van der Waals surface area contributed by atoms with E-state index < -0.39 is 89.2 Å². The van der Waals surface area contributed by atoms with Gasteiger partial charge in [-0.15, -0.1) is 0 Å². The number of carbonyl (C=O) groups is 4. The molecule has 0 saturated carbocycles. The smallest absolute Gasteiger partial charge is 0.407 e. The minimum Gasteiger partial charge on any atom is -0.465 e. The molecular formula is C55H61F6N11O6. The van der Waals surface area contributed by atoms with E-state index >= 15 is 17.6 Å². The number of H-pyrrole nitrogens is 2. The van der Waals surface area contributed by atoms with Crippen molar-refractivity contribution < 1.29 is 55.4 Å². The molecule has 78 heavy (non-hydrogen) atoms. The molecule has 0 radical (unpaired) electrons. The van der Waals surface area contributed by atoms with Gasteiger partial charge in [-0.1, -0.05) is 33.8 Å². The summed E-state index contributed by atoms with van der Waals surface area (Å²) in [4.78, 5) is 75.4. The summed E-state index contributed by atoms with van der Waals surface area (Å²) in [6.07, 6.45) is 0.549. The third-order valence-electron chi connectivity index (χ3n) is 15.8. The summed E-state index contributed by atoms with van der Waals surface area (Å²) in [5.41, 5.74) is 0.893. The molecular weight excluding hydrogens is 1020 g/mol. The van der Waals surface area contributed by atoms with E-state index in [9.17, 15) is 33.1 Å². The van der Waals surface area contributed by atoms with Crippen molar-refractivity contribution in [3.05, 3.63) is 112 Å². The number of fused-ring (bicyclic) bond motifs is 2. The fourth-order valence-electron chi connectivity index (χ4n) is 12.0. The summed E-state index contributed by atoms with van der Waals surface area (Å²) >= 11 is 0. The second-order valence-corrected chi connectivity index (χ2v) is 21.3. The number of carboxylic acid groups (broad SMARTS) is 1. The SMILES string of the molecule is COC(=O)N[C@H](C(=O)N1CCC[C@H]1c1nc2cc([C@@H]3CC[C@@H](c4cc5nc([C@@H]6CCCN6C(=O)[C@@H](NC(=O)O)C(C)C)[nH]c5cc4F)N3c3cc(F)c(N4CCN(c5c(F)cccc5F)CC4)c(F)c3)c(F)cc2[nH]1)C(C)C. The quantitative estimate of drug-likeness (QED) is 0.0691. The van der Waals surface area contributed by atoms with Gasteiger partial charge in [0.25, 0.3) is 0 Å². The highest BCUT2D eigenvalue weighted by Crippen LogP contribution is 2.50. The monoisotopic (exact) mass is 1090 g/mol. The molecule has 6 atom stereocenters. The second-order valence-electron chi connectivity index (χ2n) is 21.3. The molecule has 4 aromatic carbocycles. The van der Waals surface area contributed by atoms with Gasteiger partial charge in [0.2, 0.25) is 11.8 Å². The molecule has 4 aliphatic rings. The van der Waals surface area contributed by atoms with Crippen LogP contribution in [0.4, 0.5) is 53.0 Å². The Labute approximate surface area is 445 Å². The Kier molecular flexibility index (Phi) is 14.9. The number of hydrogen-bond donors (Lipinski definition) is 5. The van der Waals surface area contributed by atoms with Crippen LogP contribution in [0, 0.1) is 46.7 Å². The van der Waals surface area contributed by atoms with Crippen LogP contribution in [0.15, 0.2) is 54.6 Å². The summed E-state index contributed by atoms with van der Waals surface area (Å²) in [7, 11) is 1.21. The van der Waals surface area contributed by atoms with Gasteiger partial charge >= 0.3 is 12.2 Å². The summed E-state index contributed by atoms with van der Waals surface area (Å²) in [6, 6.07) is 6.48. The first-order valence-electron chi connectivity index (χ1n) is 26.4. The molecule has 0 spiro atoms. The molecule has 4 aliphatic heterocycles. The minimum absolute atomic E-state index is 0.0173. The topological polar surface area (TPSA) is 195 Å². The zero-order chi connectivity index (χ0) is 55.4. The molecule has 5 N–H and O–H groups in total. The zero-order valence-electron chi connectivity index (χ0n) is 43.7. The number of methoxy groups -OCH3 is 1. The largest absolute Gasteiger partial charge is 0.465 e. The number of alkyl carbamates (subject to hydrolysis) is 1. The van der Waals surface area contributed by atoms with Crippen LogP contribution in [-0.2, 0) is 14.3 Å². The van der Waals surface area contributed by atoms with Gasteiger partial charge < -0.3 is 54.9 Å². The number of nitrogens with one attached hydrogen (secondary N) is 4. The van der Waals surface area contributed by atoms with E-state index in [1.807, 2.05) is 0 Å². The molecule has 2 aromatic heterocycles. The van der Waals surface area contributed by atoms with Crippen LogP contribution in [0.25, 0.3) is 22.1 Å². The number of rotatable bonds is 13. The van der Waals surface area contributed by atoms with E-state index in [-0.39, 0.29) is 85.0 Å². The number of imidazole rings is 2. The first-order chi connectivity index (χ1) is 37.3. The minimum atomic E-state index is -1.34. The molecule has 10 rings (SSSR count). The average molecular weight is 1090 g/mol. The number of carbonyl (C=O) groups excluding carboxylic acids is 3. The van der Waals surface area contributed by atoms with E-state index in [0.717, 1.165) is 24.3 Å². The van der Waals surface area contributed by atoms with Crippen LogP contribution >= 0.6 is 0 Å². The van der Waals surface area contributed by atoms with Crippen LogP contribution in [0.3, 0.4) is 0 Å². The van der Waals surface area contributed by atoms with Crippen molar-refractivity contribution in [1.82, 2.24) is 40.4 Å². The van der Waals surface area contributed by atoms with Crippen molar-refractivity contribution in [3.63, 3.8) is 0 Å². The summed E-state index contributed by atoms with van der Waals surface area (Å²) < 4.78 is 102. The molecule has 4 fully saturated rings. The van der Waals surface area contributed by atoms with Gasteiger partial charge in [-0.05, 0) is 98.9 Å². The van der Waals surface area contributed by atoms with E-state index in [4.69, 9.17) is 14.7 Å². The molecule has 414 valence electrons. The second kappa shape index (κ2) is 21.6. The van der Waals surface area contributed by atoms with Crippen LogP contribution in [-0.4, -0.2) is 117 Å². The van der Waals surface area contributed by atoms with E-state index in [1.165, 1.54) is 41.2 Å². The fraction of sp³-hybridized carbons (Fsp3) is 0.455. The van der Waals surface area contributed by atoms with Gasteiger partial charge in [0.15, 0.2) is 11.6 Å². The predicted molar refractivity (Wildman–Crippen MR) is 278 cm³/mol. The summed E-state index contributed by atoms with van der Waals surface area (Å²) in [5, 5.41) is 14.4. The Bertz CT molecular complexity index is 3250. The highest BCUT2D eigenvalue weighted by Gasteiger charge is 2.43. The van der Waals surface area contributed by atoms with Gasteiger partial charge in [0.05, 0.1) is 53.3 Å². The summed E-state index contributed by atoms with van der Waals surface area (Å²) in [5.74, 6) is -5.46. The number of piperazine rings is 1. The van der Waals surface area contributed by atoms with Crippen molar-refractivity contribution in [2.24, 2.45) is 11.8 Å². The lowest BCUT2D eigenvalue weighted by Gasteiger charge is -2.38. The molecule has 6 heterocycles. The Morgan fingerprint density at radius 3 is 1.45 bits per heavy atom. The predicted octanol–water partition coefficient (Wildman–Crippen LogP) is 9.68. The Morgan fingerprint density at radius 2 is 1.03 bits per heavy atom. The van der Waals surface area contributed by atoms with Crippen molar-refractivity contribution in [2.45, 2.75) is 102 Å². The number of likely N-dealkylation sites (tertiary alicyclic amines) is 2. The first kappa shape index (κ1) is 53.7. The van der Waals surface area contributed by atoms with E-state index in [1.54, 1.807) is 48.5 Å². The van der Waals surface area contributed by atoms with Crippen molar-refractivity contribution in [2.75, 3.05) is 61.1 Å². The number of hydrogen-bond acceptors (Lipinski definition) is 10. The Morgan fingerprint density at radius 1 is 0.590 bits per heavy atom. The highest BCUT2D eigenvalue weighted by molar-refractivity contribution is 5.87. The standard InChI is InChI=1S/C55H61F6N11O6/c1-27(2)46(66-54(75)76)52(73)70-15-7-11-44(70)50-62-38-23-30(34(58)25-40(38)64-50)42-13-14-43(72(42)29-21-36(60)49(37(61)22-29)69-19-17-68(18-20-69)48-32(56)9-6-10-33(48)57)31-24-39-41(26-35(31)59)65-51(63-39)45-12-8-16-71(45)53(74)47(28(3)4)67-55(77)78-5/h6,9-10,21-28,42-47,66H,7-8,11-20H2,1-5H3,(H,62,64)(H,63,65)(H,67,77)(H,75,76)/t42-,43-,44-,45-,46-,47-/m0/s1. The summed E-state index contributed by atoms with van der Waals surface area (Å²) in [6.45, 7) is 7.94. The molecule has 4 saturated heterocycles. The van der Waals surface area contributed by atoms with Crippen molar-refractivity contribution >= 4 is 63.1 Å². The zero-order valence-corrected chi connectivity index (χ0v) is 43.7. The molecule has 0 aliphatic carbocycles. The lowest BCUT2D eigenvalue weighted by Crippen LogP contribution is -2.51. The number of halogens is 6. The number of anilines is 3. The van der Waals surface area contributed by atoms with Crippen molar-refractivity contribution in [1.29, 1.82) is 0 Å². The van der Waals surface area contributed by atoms with Crippen LogP contribution < -0.4 is 25.3 Å². The maximum Gasteiger partial charge on any atom is 0.407 e. The Balaban J connectivity index is 0.999. The number of para-hydroxylation sites is 1. The number of nitrogens with zero attached hydrogens (tertiary/aromatic N) is 7.